The summed E-state index contributed by atoms with van der Waals surface area (Å²) in [5.74, 6) is -0.934. The maximum Gasteiger partial charge on any atom is 0.416 e. The number of nitrogens with one attached hydrogen (secondary N) is 1. The fourth-order valence-corrected chi connectivity index (χ4v) is 5.76. The average Bonchev–Trinajstić information content (AvgIpc) is 3.15. The van der Waals surface area contributed by atoms with Crippen LogP contribution in [-0.4, -0.2) is 44.0 Å². The lowest BCUT2D eigenvalue weighted by Crippen LogP contribution is -2.35. The molecule has 0 heterocycles. The highest BCUT2D eigenvalue weighted by molar-refractivity contribution is 7.91. The second kappa shape index (κ2) is 8.33. The molecule has 0 spiro atoms. The molecule has 0 aliphatic heterocycles. The summed E-state index contributed by atoms with van der Waals surface area (Å²) in [5, 5.41) is 12.0. The van der Waals surface area contributed by atoms with Crippen molar-refractivity contribution in [3.05, 3.63) is 29.8 Å². The number of carbonyl (C=O) groups is 2. The zero-order valence-corrected chi connectivity index (χ0v) is 17.6. The lowest BCUT2D eigenvalue weighted by Gasteiger charge is -2.21. The molecule has 2 aliphatic carbocycles. The first-order valence-electron chi connectivity index (χ1n) is 9.87. The zero-order valence-electron chi connectivity index (χ0n) is 16.8. The van der Waals surface area contributed by atoms with Crippen LogP contribution in [0.3, 0.4) is 0 Å². The summed E-state index contributed by atoms with van der Waals surface area (Å²) in [6.45, 7) is 1.30. The van der Waals surface area contributed by atoms with Gasteiger partial charge in [0, 0.05) is 6.04 Å². The molecule has 3 rings (SSSR count). The van der Waals surface area contributed by atoms with Gasteiger partial charge >= 0.3 is 18.2 Å². The number of fused-ring (bicyclic) bond motifs is 1. The first-order valence-corrected chi connectivity index (χ1v) is 11.5. The minimum Gasteiger partial charge on any atom is -0.481 e. The molecule has 7 nitrogen and oxygen atoms in total. The van der Waals surface area contributed by atoms with Crippen LogP contribution in [-0.2, 0) is 25.5 Å². The minimum atomic E-state index is -4.56. The molecule has 4 atom stereocenters. The summed E-state index contributed by atoms with van der Waals surface area (Å²) in [6, 6.07) is 2.97. The summed E-state index contributed by atoms with van der Waals surface area (Å²) in [4.78, 5) is 23.1. The van der Waals surface area contributed by atoms with Crippen molar-refractivity contribution in [1.82, 2.24) is 5.32 Å². The monoisotopic (exact) mass is 463 g/mol. The molecule has 2 N–H and O–H groups in total. The normalized spacial score (nSPS) is 28.2. The first kappa shape index (κ1) is 23.4. The van der Waals surface area contributed by atoms with Crippen LogP contribution in [0.4, 0.5) is 18.0 Å². The third-order valence-electron chi connectivity index (χ3n) is 6.23. The van der Waals surface area contributed by atoms with Gasteiger partial charge in [-0.1, -0.05) is 0 Å². The van der Waals surface area contributed by atoms with E-state index in [1.807, 2.05) is 0 Å². The summed E-state index contributed by atoms with van der Waals surface area (Å²) >= 11 is 0. The topological polar surface area (TPSA) is 110 Å². The Labute approximate surface area is 177 Å². The molecule has 0 saturated heterocycles. The van der Waals surface area contributed by atoms with Gasteiger partial charge in [0.1, 0.15) is 6.61 Å². The molecule has 2 saturated carbocycles. The molecule has 2 aliphatic rings. The molecule has 11 heteroatoms. The molecule has 1 amide bonds. The van der Waals surface area contributed by atoms with Crippen LogP contribution in [0.1, 0.15) is 38.2 Å². The van der Waals surface area contributed by atoms with E-state index in [-0.39, 0.29) is 22.8 Å². The van der Waals surface area contributed by atoms with Crippen LogP contribution >= 0.6 is 0 Å². The molecule has 2 fully saturated rings. The van der Waals surface area contributed by atoms with E-state index >= 15 is 0 Å². The largest absolute Gasteiger partial charge is 0.481 e. The van der Waals surface area contributed by atoms with Crippen LogP contribution in [0.5, 0.6) is 0 Å². The highest BCUT2D eigenvalue weighted by atomic mass is 32.2. The molecular weight excluding hydrogens is 439 g/mol. The fraction of sp³-hybridized carbons (Fsp3) is 0.600. The van der Waals surface area contributed by atoms with Gasteiger partial charge in [0.15, 0.2) is 9.84 Å². The third-order valence-corrected chi connectivity index (χ3v) is 7.93. The Bertz CT molecular complexity index is 931. The smallest absolute Gasteiger partial charge is 0.416 e. The Balaban J connectivity index is 1.44. The summed E-state index contributed by atoms with van der Waals surface area (Å²) in [5.41, 5.74) is -1.68. The number of benzene rings is 1. The Morgan fingerprint density at radius 1 is 1.16 bits per heavy atom. The first-order chi connectivity index (χ1) is 14.3. The molecular formula is C20H24F3NO6S. The highest BCUT2D eigenvalue weighted by Crippen LogP contribution is 2.52. The van der Waals surface area contributed by atoms with E-state index in [2.05, 4.69) is 5.32 Å². The number of sulfone groups is 1. The second-order valence-corrected chi connectivity index (χ2v) is 10.7. The molecule has 172 valence electrons. The average molecular weight is 463 g/mol. The number of hydrogen-bond donors (Lipinski definition) is 2. The van der Waals surface area contributed by atoms with Gasteiger partial charge in [0.05, 0.1) is 21.6 Å². The second-order valence-electron chi connectivity index (χ2n) is 8.58. The van der Waals surface area contributed by atoms with E-state index in [1.165, 1.54) is 0 Å². The van der Waals surface area contributed by atoms with Crippen molar-refractivity contribution in [2.75, 3.05) is 12.4 Å². The lowest BCUT2D eigenvalue weighted by atomic mass is 9.86. The molecule has 1 aromatic rings. The van der Waals surface area contributed by atoms with Gasteiger partial charge < -0.3 is 15.2 Å². The number of alkyl carbamates (subject to hydrolysis) is 1. The van der Waals surface area contributed by atoms with Gasteiger partial charge in [0.2, 0.25) is 0 Å². The van der Waals surface area contributed by atoms with Gasteiger partial charge in [-0.15, -0.1) is 0 Å². The number of amides is 1. The molecule has 1 aromatic carbocycles. The van der Waals surface area contributed by atoms with Gasteiger partial charge in [0.25, 0.3) is 0 Å². The van der Waals surface area contributed by atoms with E-state index in [4.69, 9.17) is 4.74 Å². The van der Waals surface area contributed by atoms with Crippen LogP contribution in [0, 0.1) is 17.3 Å². The van der Waals surface area contributed by atoms with Crippen LogP contribution in [0.15, 0.2) is 29.2 Å². The number of halogens is 3. The van der Waals surface area contributed by atoms with E-state index in [1.54, 1.807) is 6.92 Å². The third kappa shape index (κ3) is 5.31. The van der Waals surface area contributed by atoms with Crippen molar-refractivity contribution < 1.29 is 41.0 Å². The number of hydrogen-bond acceptors (Lipinski definition) is 5. The number of carboxylic acid groups (broad SMARTS) is 1. The van der Waals surface area contributed by atoms with E-state index in [0.717, 1.165) is 12.1 Å². The van der Waals surface area contributed by atoms with Crippen LogP contribution in [0.2, 0.25) is 0 Å². The number of rotatable bonds is 6. The van der Waals surface area contributed by atoms with Gasteiger partial charge in [-0.25, -0.2) is 13.2 Å². The minimum absolute atomic E-state index is 0.160. The van der Waals surface area contributed by atoms with E-state index < -0.39 is 51.4 Å². The molecule has 0 aromatic heterocycles. The number of carbonyl (C=O) groups excluding carboxylic acids is 1. The number of aliphatic carboxylic acids is 1. The van der Waals surface area contributed by atoms with Crippen molar-refractivity contribution in [2.45, 2.75) is 49.7 Å². The van der Waals surface area contributed by atoms with Gasteiger partial charge in [-0.05, 0) is 68.7 Å². The zero-order chi connectivity index (χ0) is 23.0. The Morgan fingerprint density at radius 3 is 2.19 bits per heavy atom. The Morgan fingerprint density at radius 2 is 1.71 bits per heavy atom. The van der Waals surface area contributed by atoms with Crippen molar-refractivity contribution in [2.24, 2.45) is 17.3 Å². The quantitative estimate of drug-likeness (QED) is 0.669. The summed E-state index contributed by atoms with van der Waals surface area (Å²) in [7, 11) is -3.91. The highest BCUT2D eigenvalue weighted by Gasteiger charge is 2.51. The molecule has 31 heavy (non-hydrogen) atoms. The maximum atomic E-state index is 12.6. The number of alkyl halides is 3. The lowest BCUT2D eigenvalue weighted by molar-refractivity contribution is -0.148. The maximum absolute atomic E-state index is 12.6. The Kier molecular flexibility index (Phi) is 6.28. The summed E-state index contributed by atoms with van der Waals surface area (Å²) in [6.07, 6.45) is -2.92. The molecule has 2 unspecified atom stereocenters. The Hall–Kier alpha value is -2.30. The predicted molar refractivity (Wildman–Crippen MR) is 103 cm³/mol. The number of carboxylic acids is 1. The van der Waals surface area contributed by atoms with Crippen LogP contribution < -0.4 is 5.32 Å². The van der Waals surface area contributed by atoms with Crippen molar-refractivity contribution >= 4 is 21.9 Å². The van der Waals surface area contributed by atoms with Gasteiger partial charge in [-0.3, -0.25) is 4.79 Å². The summed E-state index contributed by atoms with van der Waals surface area (Å²) < 4.78 is 67.1. The number of ether oxygens (including phenoxy) is 1. The standard InChI is InChI=1S/C20H24F3NO6S/c1-19(17(25)26)10-12-8-15(9-13(12)11-19)24-18(27)30-6-7-31(28,29)16-4-2-14(3-5-16)20(21,22)23/h2-5,12-13,15H,6-11H2,1H3,(H,24,27)(H,25,26)/t12-,13+,15?,19?. The fourth-order valence-electron chi connectivity index (χ4n) is 4.67. The molecule has 0 radical (unpaired) electrons. The molecule has 0 bridgehead atoms. The predicted octanol–water partition coefficient (Wildman–Crippen LogP) is 3.48. The van der Waals surface area contributed by atoms with Crippen molar-refractivity contribution in [1.29, 1.82) is 0 Å². The van der Waals surface area contributed by atoms with Crippen molar-refractivity contribution in [3.63, 3.8) is 0 Å². The van der Waals surface area contributed by atoms with Crippen LogP contribution in [0.25, 0.3) is 0 Å². The van der Waals surface area contributed by atoms with E-state index in [0.29, 0.717) is 37.8 Å². The van der Waals surface area contributed by atoms with E-state index in [9.17, 15) is 36.3 Å². The SMILES string of the molecule is CC1(C(=O)O)C[C@H]2CC(NC(=O)OCCS(=O)(=O)c3ccc(C(F)(F)F)cc3)C[C@H]2C1. The van der Waals surface area contributed by atoms with Crippen molar-refractivity contribution in [3.8, 4) is 0 Å². The van der Waals surface area contributed by atoms with Gasteiger partial charge in [-0.2, -0.15) is 13.2 Å².